The smallest absolute Gasteiger partial charge is 0.312 e. The van der Waals surface area contributed by atoms with Crippen molar-refractivity contribution in [1.29, 1.82) is 0 Å². The average Bonchev–Trinajstić information content (AvgIpc) is 3.49. The first-order valence-corrected chi connectivity index (χ1v) is 17.9. The molecule has 2 aliphatic rings. The number of rotatable bonds is 14. The van der Waals surface area contributed by atoms with Gasteiger partial charge in [-0.2, -0.15) is 0 Å². The number of aromatic hydroxyl groups is 2. The second-order valence-corrected chi connectivity index (χ2v) is 13.5. The van der Waals surface area contributed by atoms with Crippen LogP contribution in [-0.4, -0.2) is 113 Å². The van der Waals surface area contributed by atoms with Crippen molar-refractivity contribution < 1.29 is 65.5 Å². The van der Waals surface area contributed by atoms with E-state index >= 15 is 0 Å². The van der Waals surface area contributed by atoms with Crippen molar-refractivity contribution >= 4 is 69.6 Å². The maximum absolute atomic E-state index is 12.3. The summed E-state index contributed by atoms with van der Waals surface area (Å²) in [5.41, 5.74) is 2.41. The molecular formula is C34H38FeN4O10S2. The van der Waals surface area contributed by atoms with Crippen LogP contribution in [0.3, 0.4) is 0 Å². The number of imide groups is 2. The summed E-state index contributed by atoms with van der Waals surface area (Å²) in [6, 6.07) is 9.56. The summed E-state index contributed by atoms with van der Waals surface area (Å²) in [7, 11) is 4.03. The third kappa shape index (κ3) is 13.0. The largest absolute Gasteiger partial charge is 0.507 e. The molecule has 0 bridgehead atoms. The standard InChI is InChI=1S/C25H27N3O6S2.C9H11NO4.Fe/c1-16-3-5-20(29)17(11-16)14-26-8-9-27-15-18-12-19(4-6-21(18)30)34-24(32)7-10-28-23(31)13-22(25(28)33)36-35-2;1-6-5-7(11)10(9(6)13)4-3-8(12)14-2;/h3-6,11-12,14-15,22,29-30H,7-10,13H2,1-2H3;5H,3-4H2,1-2H3;. The van der Waals surface area contributed by atoms with E-state index in [4.69, 9.17) is 4.74 Å². The van der Waals surface area contributed by atoms with Crippen molar-refractivity contribution in [2.75, 3.05) is 39.5 Å². The van der Waals surface area contributed by atoms with E-state index in [1.54, 1.807) is 19.2 Å². The number of aliphatic imine (C=N–C) groups is 2. The predicted molar refractivity (Wildman–Crippen MR) is 189 cm³/mol. The first kappa shape index (κ1) is 42.7. The number of likely N-dealkylation sites (tertiary alicyclic amines) is 1. The van der Waals surface area contributed by atoms with Gasteiger partial charge in [-0.05, 0) is 50.4 Å². The van der Waals surface area contributed by atoms with E-state index in [9.17, 15) is 39.0 Å². The van der Waals surface area contributed by atoms with Gasteiger partial charge in [0.05, 0.1) is 33.0 Å². The molecule has 1 unspecified atom stereocenters. The van der Waals surface area contributed by atoms with Gasteiger partial charge in [0.1, 0.15) is 22.5 Å². The first-order valence-electron chi connectivity index (χ1n) is 15.3. The molecule has 51 heavy (non-hydrogen) atoms. The van der Waals surface area contributed by atoms with Gasteiger partial charge in [0, 0.05) is 71.8 Å². The molecule has 0 radical (unpaired) electrons. The molecule has 2 heterocycles. The number of amides is 4. The average molecular weight is 783 g/mol. The number of carbonyl (C=O) groups excluding carboxylic acids is 6. The zero-order valence-electron chi connectivity index (χ0n) is 28.3. The fourth-order valence-electron chi connectivity index (χ4n) is 4.54. The quantitative estimate of drug-likeness (QED) is 0.0542. The van der Waals surface area contributed by atoms with Crippen LogP contribution in [0, 0.1) is 6.92 Å². The van der Waals surface area contributed by atoms with Crippen LogP contribution < -0.4 is 4.74 Å². The van der Waals surface area contributed by atoms with Crippen molar-refractivity contribution in [3.8, 4) is 17.2 Å². The van der Waals surface area contributed by atoms with E-state index in [-0.39, 0.29) is 90.3 Å². The zero-order chi connectivity index (χ0) is 36.8. The third-order valence-electron chi connectivity index (χ3n) is 7.14. The van der Waals surface area contributed by atoms with Gasteiger partial charge in [-0.25, -0.2) is 0 Å². The minimum atomic E-state index is -0.598. The summed E-state index contributed by atoms with van der Waals surface area (Å²) >= 11 is 0. The summed E-state index contributed by atoms with van der Waals surface area (Å²) in [4.78, 5) is 80.5. The minimum absolute atomic E-state index is 0. The van der Waals surface area contributed by atoms with Gasteiger partial charge in [-0.15, -0.1) is 0 Å². The number of esters is 2. The molecule has 0 aliphatic carbocycles. The summed E-state index contributed by atoms with van der Waals surface area (Å²) in [5, 5.41) is 19.5. The number of methoxy groups -OCH3 is 1. The minimum Gasteiger partial charge on any atom is -0.507 e. The Morgan fingerprint density at radius 3 is 2.08 bits per heavy atom. The number of ether oxygens (including phenoxy) is 2. The molecule has 2 aliphatic heterocycles. The van der Waals surface area contributed by atoms with Crippen LogP contribution in [0.25, 0.3) is 0 Å². The van der Waals surface area contributed by atoms with Crippen molar-refractivity contribution in [3.63, 3.8) is 0 Å². The van der Waals surface area contributed by atoms with E-state index < -0.39 is 17.2 Å². The monoisotopic (exact) mass is 782 g/mol. The summed E-state index contributed by atoms with van der Waals surface area (Å²) < 4.78 is 9.71. The molecule has 0 aromatic heterocycles. The Hall–Kier alpha value is -4.44. The molecule has 4 amide bonds. The van der Waals surface area contributed by atoms with E-state index in [0.29, 0.717) is 29.8 Å². The molecule has 14 nitrogen and oxygen atoms in total. The van der Waals surface area contributed by atoms with Gasteiger partial charge >= 0.3 is 11.9 Å². The van der Waals surface area contributed by atoms with Crippen molar-refractivity contribution in [3.05, 3.63) is 64.7 Å². The number of carbonyl (C=O) groups is 6. The van der Waals surface area contributed by atoms with Crippen molar-refractivity contribution in [1.82, 2.24) is 9.80 Å². The number of phenolic OH excluding ortho intramolecular Hbond substituents is 2. The predicted octanol–water partition coefficient (Wildman–Crippen LogP) is 3.24. The van der Waals surface area contributed by atoms with Crippen LogP contribution in [0.4, 0.5) is 0 Å². The van der Waals surface area contributed by atoms with Crippen LogP contribution >= 0.6 is 21.6 Å². The second-order valence-electron chi connectivity index (χ2n) is 10.9. The fourth-order valence-corrected chi connectivity index (χ4v) is 6.34. The van der Waals surface area contributed by atoms with Gasteiger partial charge < -0.3 is 19.7 Å². The van der Waals surface area contributed by atoms with Crippen LogP contribution in [0.1, 0.15) is 42.9 Å². The van der Waals surface area contributed by atoms with Crippen LogP contribution in [0.5, 0.6) is 17.2 Å². The Bertz CT molecular complexity index is 1720. The molecule has 2 aromatic rings. The Balaban J connectivity index is 0.000000505. The summed E-state index contributed by atoms with van der Waals surface area (Å²) in [6.07, 6.45) is 6.19. The molecule has 0 saturated carbocycles. The maximum atomic E-state index is 12.3. The van der Waals surface area contributed by atoms with Crippen LogP contribution in [-0.2, 0) is 50.6 Å². The van der Waals surface area contributed by atoms with E-state index in [1.165, 1.54) is 59.2 Å². The van der Waals surface area contributed by atoms with Crippen molar-refractivity contribution in [2.24, 2.45) is 9.98 Å². The Morgan fingerprint density at radius 1 is 0.902 bits per heavy atom. The third-order valence-corrected chi connectivity index (χ3v) is 9.21. The first-order chi connectivity index (χ1) is 23.8. The topological polar surface area (TPSA) is 193 Å². The van der Waals surface area contributed by atoms with Gasteiger partial charge in [0.15, 0.2) is 0 Å². The number of nitrogens with zero attached hydrogens (tertiary/aromatic N) is 4. The van der Waals surface area contributed by atoms with Crippen LogP contribution in [0.2, 0.25) is 0 Å². The molecular weight excluding hydrogens is 744 g/mol. The zero-order valence-corrected chi connectivity index (χ0v) is 31.1. The number of benzene rings is 2. The van der Waals surface area contributed by atoms with Gasteiger partial charge in [-0.1, -0.05) is 33.2 Å². The van der Waals surface area contributed by atoms with E-state index in [1.807, 2.05) is 25.3 Å². The number of phenols is 2. The van der Waals surface area contributed by atoms with Crippen LogP contribution in [0.15, 0.2) is 58.0 Å². The van der Waals surface area contributed by atoms with Gasteiger partial charge in [0.25, 0.3) is 11.8 Å². The number of hydrogen-bond donors (Lipinski definition) is 2. The Morgan fingerprint density at radius 2 is 1.49 bits per heavy atom. The molecule has 0 spiro atoms. The molecule has 4 rings (SSSR count). The molecule has 17 heteroatoms. The Labute approximate surface area is 313 Å². The van der Waals surface area contributed by atoms with Gasteiger partial charge in [0.2, 0.25) is 11.8 Å². The fraction of sp³-hybridized carbons (Fsp3) is 0.353. The van der Waals surface area contributed by atoms with E-state index in [2.05, 4.69) is 14.7 Å². The number of hydrogen-bond acceptors (Lipinski definition) is 14. The molecule has 1 fully saturated rings. The van der Waals surface area contributed by atoms with E-state index in [0.717, 1.165) is 15.4 Å². The van der Waals surface area contributed by atoms with Crippen molar-refractivity contribution in [2.45, 2.75) is 38.4 Å². The maximum Gasteiger partial charge on any atom is 0.312 e. The molecule has 274 valence electrons. The molecule has 2 aromatic carbocycles. The molecule has 1 atom stereocenters. The Kier molecular flexibility index (Phi) is 17.6. The van der Waals surface area contributed by atoms with Gasteiger partial charge in [-0.3, -0.25) is 48.6 Å². The normalized spacial score (nSPS) is 15.6. The number of aryl methyl sites for hydroxylation is 1. The summed E-state index contributed by atoms with van der Waals surface area (Å²) in [5.74, 6) is -1.97. The molecule has 2 N–H and O–H groups in total. The second kappa shape index (κ2) is 21.0. The molecule has 1 saturated heterocycles. The SMILES string of the molecule is COC(=O)CCN1C(=O)C=C(C)C1=O.CSSC1CC(=O)N(CCC(=O)Oc2ccc(O)c(C=NCCN=Cc3cc(C)ccc3O)c2)C1=O.[Fe]. The summed E-state index contributed by atoms with van der Waals surface area (Å²) in [6.45, 7) is 4.27.